The summed E-state index contributed by atoms with van der Waals surface area (Å²) in [4.78, 5) is 0. The lowest BCUT2D eigenvalue weighted by atomic mass is 10.1. The number of hydrogen-bond donors (Lipinski definition) is 3. The lowest BCUT2D eigenvalue weighted by Gasteiger charge is -2.15. The fourth-order valence-corrected chi connectivity index (χ4v) is 3.61. The Hall–Kier alpha value is -0.950. The molecule has 1 aliphatic carbocycles. The normalized spacial score (nSPS) is 26.8. The molecule has 1 aromatic rings. The largest absolute Gasteiger partial charge is 0.393 e. The number of sulfonamides is 1. The van der Waals surface area contributed by atoms with Gasteiger partial charge in [0.05, 0.1) is 18.0 Å². The molecule has 0 amide bonds. The molecule has 0 aliphatic heterocycles. The van der Waals surface area contributed by atoms with Crippen LogP contribution in [0.15, 0.2) is 30.3 Å². The van der Waals surface area contributed by atoms with Gasteiger partial charge in [0.2, 0.25) is 10.0 Å². The molecule has 0 heterocycles. The van der Waals surface area contributed by atoms with Crippen LogP contribution in [0, 0.1) is 5.92 Å². The van der Waals surface area contributed by atoms with Crippen LogP contribution in [0.1, 0.15) is 18.4 Å². The lowest BCUT2D eigenvalue weighted by molar-refractivity contribution is 0.121. The third-order valence-corrected chi connectivity index (χ3v) is 5.05. The Morgan fingerprint density at radius 1 is 1.15 bits per heavy atom. The van der Waals surface area contributed by atoms with E-state index < -0.39 is 22.2 Å². The first-order chi connectivity index (χ1) is 9.46. The summed E-state index contributed by atoms with van der Waals surface area (Å²) in [5.41, 5.74) is 0.981. The second-order valence-electron chi connectivity index (χ2n) is 5.36. The van der Waals surface area contributed by atoms with E-state index in [9.17, 15) is 18.6 Å². The van der Waals surface area contributed by atoms with Crippen LogP contribution in [0.4, 0.5) is 0 Å². The summed E-state index contributed by atoms with van der Waals surface area (Å²) in [6.07, 6.45) is 0.0933. The Bertz CT molecular complexity index is 517. The van der Waals surface area contributed by atoms with Crippen LogP contribution in [0.25, 0.3) is 0 Å². The highest BCUT2D eigenvalue weighted by atomic mass is 32.2. The summed E-state index contributed by atoms with van der Waals surface area (Å²) >= 11 is 0. The van der Waals surface area contributed by atoms with E-state index in [0.29, 0.717) is 19.3 Å². The van der Waals surface area contributed by atoms with Gasteiger partial charge in [0.1, 0.15) is 0 Å². The van der Waals surface area contributed by atoms with Crippen LogP contribution in [0.3, 0.4) is 0 Å². The van der Waals surface area contributed by atoms with Crippen molar-refractivity contribution in [2.24, 2.45) is 5.92 Å². The molecule has 1 saturated carbocycles. The molecular weight excluding hydrogens is 278 g/mol. The number of aliphatic hydroxyl groups excluding tert-OH is 2. The van der Waals surface area contributed by atoms with Gasteiger partial charge >= 0.3 is 0 Å². The zero-order chi connectivity index (χ0) is 14.6. The van der Waals surface area contributed by atoms with Crippen molar-refractivity contribution >= 4 is 10.0 Å². The molecule has 1 aromatic carbocycles. The fourth-order valence-electron chi connectivity index (χ4n) is 2.50. The predicted molar refractivity (Wildman–Crippen MR) is 76.7 cm³/mol. The predicted octanol–water partition coefficient (Wildman–Crippen LogP) is 0.280. The highest BCUT2D eigenvalue weighted by Gasteiger charge is 2.32. The Morgan fingerprint density at radius 3 is 2.45 bits per heavy atom. The first kappa shape index (κ1) is 15.4. The minimum absolute atomic E-state index is 0.0301. The maximum atomic E-state index is 11.9. The van der Waals surface area contributed by atoms with Crippen molar-refractivity contribution in [2.75, 3.05) is 12.3 Å². The number of aliphatic hydroxyl groups is 2. The van der Waals surface area contributed by atoms with Gasteiger partial charge in [-0.1, -0.05) is 30.3 Å². The van der Waals surface area contributed by atoms with Crippen LogP contribution in [-0.4, -0.2) is 43.1 Å². The number of rotatable bonds is 6. The molecule has 5 nitrogen and oxygen atoms in total. The third-order valence-electron chi connectivity index (χ3n) is 3.70. The van der Waals surface area contributed by atoms with Crippen molar-refractivity contribution < 1.29 is 18.6 Å². The highest BCUT2D eigenvalue weighted by molar-refractivity contribution is 7.89. The quantitative estimate of drug-likeness (QED) is 0.704. The molecule has 0 spiro atoms. The van der Waals surface area contributed by atoms with Crippen LogP contribution in [-0.2, 0) is 16.4 Å². The molecule has 20 heavy (non-hydrogen) atoms. The molecule has 112 valence electrons. The maximum Gasteiger partial charge on any atom is 0.211 e. The molecule has 1 fully saturated rings. The second kappa shape index (κ2) is 6.67. The monoisotopic (exact) mass is 299 g/mol. The molecule has 3 unspecified atom stereocenters. The van der Waals surface area contributed by atoms with Crippen molar-refractivity contribution in [1.82, 2.24) is 4.72 Å². The van der Waals surface area contributed by atoms with Gasteiger partial charge in [-0.3, -0.25) is 0 Å². The van der Waals surface area contributed by atoms with E-state index in [1.54, 1.807) is 0 Å². The maximum absolute atomic E-state index is 11.9. The summed E-state index contributed by atoms with van der Waals surface area (Å²) in [6.45, 7) is 0.190. The Kier molecular flexibility index (Phi) is 5.15. The van der Waals surface area contributed by atoms with Crippen molar-refractivity contribution in [1.29, 1.82) is 0 Å². The average Bonchev–Trinajstić information content (AvgIpc) is 2.74. The third kappa shape index (κ3) is 4.56. The van der Waals surface area contributed by atoms with Crippen LogP contribution < -0.4 is 4.72 Å². The molecule has 1 aliphatic rings. The summed E-state index contributed by atoms with van der Waals surface area (Å²) in [5, 5.41) is 19.1. The van der Waals surface area contributed by atoms with E-state index in [1.807, 2.05) is 30.3 Å². The SMILES string of the molecule is O=S(=O)(CCc1ccccc1)NCC1CC(O)CC1O. The molecule has 0 radical (unpaired) electrons. The average molecular weight is 299 g/mol. The lowest BCUT2D eigenvalue weighted by Crippen LogP contribution is -2.34. The molecule has 0 aromatic heterocycles. The summed E-state index contributed by atoms with van der Waals surface area (Å²) in [5.74, 6) is -0.168. The first-order valence-electron chi connectivity index (χ1n) is 6.83. The van der Waals surface area contributed by atoms with E-state index in [-0.39, 0.29) is 18.2 Å². The molecule has 0 saturated heterocycles. The van der Waals surface area contributed by atoms with Crippen molar-refractivity contribution in [2.45, 2.75) is 31.5 Å². The van der Waals surface area contributed by atoms with E-state index in [2.05, 4.69) is 4.72 Å². The number of hydrogen-bond acceptors (Lipinski definition) is 4. The smallest absolute Gasteiger partial charge is 0.211 e. The minimum atomic E-state index is -3.35. The summed E-state index contributed by atoms with van der Waals surface area (Å²) < 4.78 is 26.3. The van der Waals surface area contributed by atoms with Crippen molar-refractivity contribution in [3.63, 3.8) is 0 Å². The van der Waals surface area contributed by atoms with Crippen LogP contribution >= 0.6 is 0 Å². The molecule has 3 atom stereocenters. The summed E-state index contributed by atoms with van der Waals surface area (Å²) in [6, 6.07) is 9.44. The van der Waals surface area contributed by atoms with Crippen molar-refractivity contribution in [3.05, 3.63) is 35.9 Å². The number of aryl methyl sites for hydroxylation is 1. The minimum Gasteiger partial charge on any atom is -0.393 e. The van der Waals surface area contributed by atoms with Crippen LogP contribution in [0.2, 0.25) is 0 Å². The molecule has 6 heteroatoms. The van der Waals surface area contributed by atoms with Gasteiger partial charge in [-0.15, -0.1) is 0 Å². The van der Waals surface area contributed by atoms with E-state index in [1.165, 1.54) is 0 Å². The van der Waals surface area contributed by atoms with Gasteiger partial charge in [-0.05, 0) is 24.8 Å². The zero-order valence-corrected chi connectivity index (χ0v) is 12.1. The molecule has 2 rings (SSSR count). The zero-order valence-electron chi connectivity index (χ0n) is 11.3. The fraction of sp³-hybridized carbons (Fsp3) is 0.571. The van der Waals surface area contributed by atoms with Gasteiger partial charge < -0.3 is 10.2 Å². The first-order valence-corrected chi connectivity index (χ1v) is 8.49. The molecular formula is C14H21NO4S. The van der Waals surface area contributed by atoms with Crippen molar-refractivity contribution in [3.8, 4) is 0 Å². The Balaban J connectivity index is 1.79. The number of benzene rings is 1. The van der Waals surface area contributed by atoms with Gasteiger partial charge in [-0.25, -0.2) is 13.1 Å². The molecule has 3 N–H and O–H groups in total. The topological polar surface area (TPSA) is 86.6 Å². The second-order valence-corrected chi connectivity index (χ2v) is 7.28. The Morgan fingerprint density at radius 2 is 1.85 bits per heavy atom. The van der Waals surface area contributed by atoms with Gasteiger partial charge in [0.25, 0.3) is 0 Å². The summed E-state index contributed by atoms with van der Waals surface area (Å²) in [7, 11) is -3.35. The van der Waals surface area contributed by atoms with Gasteiger partial charge in [-0.2, -0.15) is 0 Å². The van der Waals surface area contributed by atoms with E-state index in [0.717, 1.165) is 5.56 Å². The standard InChI is InChI=1S/C14H21NO4S/c16-13-8-12(14(17)9-13)10-15-20(18,19)7-6-11-4-2-1-3-5-11/h1-5,12-17H,6-10H2. The molecule has 0 bridgehead atoms. The Labute approximate surface area is 119 Å². The highest BCUT2D eigenvalue weighted by Crippen LogP contribution is 2.25. The van der Waals surface area contributed by atoms with E-state index >= 15 is 0 Å². The number of nitrogens with one attached hydrogen (secondary N) is 1. The van der Waals surface area contributed by atoms with Gasteiger partial charge in [0.15, 0.2) is 0 Å². The van der Waals surface area contributed by atoms with Gasteiger partial charge in [0, 0.05) is 12.5 Å². The van der Waals surface area contributed by atoms with E-state index in [4.69, 9.17) is 0 Å². The van der Waals surface area contributed by atoms with Crippen LogP contribution in [0.5, 0.6) is 0 Å².